The standard InChI is InChI=1S/C7H11N3O5/c8-10-9-3-4(12)5(13)7(1-11)2-14-6(3)15-7/h3-6,11-13H,1-2H2/t3?,4-,5-,6-,7+/m1/s1. The Balaban J connectivity index is 2.28. The second-order valence-corrected chi connectivity index (χ2v) is 3.65. The van der Waals surface area contributed by atoms with Crippen LogP contribution in [0.2, 0.25) is 0 Å². The number of ether oxygens (including phenoxy) is 2. The predicted octanol–water partition coefficient (Wildman–Crippen LogP) is -1.50. The van der Waals surface area contributed by atoms with Crippen molar-refractivity contribution in [2.24, 2.45) is 5.11 Å². The third-order valence-corrected chi connectivity index (χ3v) is 2.79. The van der Waals surface area contributed by atoms with Gasteiger partial charge in [0.1, 0.15) is 17.7 Å². The summed E-state index contributed by atoms with van der Waals surface area (Å²) in [6.45, 7) is -0.505. The lowest BCUT2D eigenvalue weighted by molar-refractivity contribution is -0.228. The molecule has 0 aromatic heterocycles. The van der Waals surface area contributed by atoms with Gasteiger partial charge in [-0.2, -0.15) is 0 Å². The summed E-state index contributed by atoms with van der Waals surface area (Å²) in [6.07, 6.45) is -3.54. The highest BCUT2D eigenvalue weighted by atomic mass is 16.7. The summed E-state index contributed by atoms with van der Waals surface area (Å²) >= 11 is 0. The zero-order valence-corrected chi connectivity index (χ0v) is 7.72. The van der Waals surface area contributed by atoms with Gasteiger partial charge in [0.15, 0.2) is 6.29 Å². The summed E-state index contributed by atoms with van der Waals surface area (Å²) in [4.78, 5) is 2.54. The van der Waals surface area contributed by atoms with E-state index in [0.717, 1.165) is 0 Å². The average molecular weight is 217 g/mol. The van der Waals surface area contributed by atoms with Crippen LogP contribution in [0, 0.1) is 0 Å². The molecule has 0 saturated carbocycles. The molecular weight excluding hydrogens is 206 g/mol. The molecule has 0 amide bonds. The van der Waals surface area contributed by atoms with Gasteiger partial charge in [-0.25, -0.2) is 0 Å². The number of aliphatic hydroxyl groups is 3. The smallest absolute Gasteiger partial charge is 0.169 e. The summed E-state index contributed by atoms with van der Waals surface area (Å²) in [5, 5.41) is 31.8. The number of nitrogens with zero attached hydrogens (tertiary/aromatic N) is 3. The van der Waals surface area contributed by atoms with Crippen LogP contribution >= 0.6 is 0 Å². The number of azide groups is 1. The van der Waals surface area contributed by atoms with Gasteiger partial charge < -0.3 is 24.8 Å². The number of hydrogen-bond donors (Lipinski definition) is 3. The normalized spacial score (nSPS) is 48.7. The second kappa shape index (κ2) is 3.60. The lowest BCUT2D eigenvalue weighted by atomic mass is 9.89. The van der Waals surface area contributed by atoms with E-state index >= 15 is 0 Å². The van der Waals surface area contributed by atoms with E-state index in [1.54, 1.807) is 0 Å². The molecule has 1 unspecified atom stereocenters. The van der Waals surface area contributed by atoms with Crippen molar-refractivity contribution < 1.29 is 24.8 Å². The van der Waals surface area contributed by atoms with Crippen molar-refractivity contribution in [2.45, 2.75) is 30.1 Å². The quantitative estimate of drug-likeness (QED) is 0.295. The number of rotatable bonds is 2. The minimum atomic E-state index is -1.34. The highest BCUT2D eigenvalue weighted by Crippen LogP contribution is 2.37. The molecule has 2 bridgehead atoms. The monoisotopic (exact) mass is 217 g/mol. The lowest BCUT2D eigenvalue weighted by Gasteiger charge is -2.40. The topological polar surface area (TPSA) is 128 Å². The molecule has 84 valence electrons. The minimum absolute atomic E-state index is 0.0379. The molecule has 2 saturated heterocycles. The summed E-state index contributed by atoms with van der Waals surface area (Å²) in [6, 6.07) is -0.993. The van der Waals surface area contributed by atoms with Gasteiger partial charge >= 0.3 is 0 Å². The van der Waals surface area contributed by atoms with Crippen LogP contribution < -0.4 is 0 Å². The molecule has 2 rings (SSSR count). The van der Waals surface area contributed by atoms with E-state index in [9.17, 15) is 10.2 Å². The second-order valence-electron chi connectivity index (χ2n) is 3.65. The molecule has 0 aliphatic carbocycles. The van der Waals surface area contributed by atoms with Gasteiger partial charge in [0.25, 0.3) is 0 Å². The van der Waals surface area contributed by atoms with Crippen molar-refractivity contribution >= 4 is 0 Å². The highest BCUT2D eigenvalue weighted by molar-refractivity contribution is 5.05. The maximum absolute atomic E-state index is 9.71. The Morgan fingerprint density at radius 2 is 2.27 bits per heavy atom. The first kappa shape index (κ1) is 10.6. The fourth-order valence-electron chi connectivity index (χ4n) is 1.86. The fraction of sp³-hybridized carbons (Fsp3) is 1.00. The van der Waals surface area contributed by atoms with E-state index in [1.165, 1.54) is 0 Å². The molecule has 0 spiro atoms. The average Bonchev–Trinajstić information content (AvgIpc) is 2.65. The van der Waals surface area contributed by atoms with E-state index in [0.29, 0.717) is 0 Å². The first-order valence-corrected chi connectivity index (χ1v) is 4.45. The summed E-state index contributed by atoms with van der Waals surface area (Å²) in [7, 11) is 0. The third kappa shape index (κ3) is 1.39. The van der Waals surface area contributed by atoms with Crippen LogP contribution in [0.15, 0.2) is 5.11 Å². The van der Waals surface area contributed by atoms with Crippen LogP contribution in [0.3, 0.4) is 0 Å². The molecule has 0 radical (unpaired) electrons. The van der Waals surface area contributed by atoms with E-state index in [-0.39, 0.29) is 6.61 Å². The molecule has 5 atom stereocenters. The summed E-state index contributed by atoms with van der Waals surface area (Å²) < 4.78 is 10.3. The van der Waals surface area contributed by atoms with Crippen molar-refractivity contribution in [3.63, 3.8) is 0 Å². The van der Waals surface area contributed by atoms with E-state index in [2.05, 4.69) is 10.0 Å². The van der Waals surface area contributed by atoms with Crippen LogP contribution in [-0.2, 0) is 9.47 Å². The largest absolute Gasteiger partial charge is 0.393 e. The van der Waals surface area contributed by atoms with Crippen LogP contribution in [0.5, 0.6) is 0 Å². The van der Waals surface area contributed by atoms with Crippen LogP contribution in [0.25, 0.3) is 10.4 Å². The molecule has 0 aromatic rings. The molecule has 3 N–H and O–H groups in total. The van der Waals surface area contributed by atoms with Crippen molar-refractivity contribution in [2.75, 3.05) is 13.2 Å². The fourth-order valence-corrected chi connectivity index (χ4v) is 1.86. The van der Waals surface area contributed by atoms with Gasteiger partial charge in [0, 0.05) is 4.91 Å². The number of fused-ring (bicyclic) bond motifs is 2. The Morgan fingerprint density at radius 1 is 1.53 bits per heavy atom. The van der Waals surface area contributed by atoms with Crippen molar-refractivity contribution in [1.29, 1.82) is 0 Å². The summed E-state index contributed by atoms with van der Waals surface area (Å²) in [5.74, 6) is 0. The van der Waals surface area contributed by atoms with E-state index < -0.39 is 36.7 Å². The SMILES string of the molecule is [N-]=[N+]=NC1[C@@H]2OC[C@](CO)(O2)[C@H](O)[C@@H]1O. The van der Waals surface area contributed by atoms with E-state index in [1.807, 2.05) is 0 Å². The van der Waals surface area contributed by atoms with Crippen molar-refractivity contribution in [3.05, 3.63) is 10.4 Å². The number of aliphatic hydroxyl groups excluding tert-OH is 3. The number of hydrogen-bond acceptors (Lipinski definition) is 6. The van der Waals surface area contributed by atoms with Crippen LogP contribution in [0.1, 0.15) is 0 Å². The first-order chi connectivity index (χ1) is 7.14. The van der Waals surface area contributed by atoms with Gasteiger partial charge in [-0.3, -0.25) is 0 Å². The Morgan fingerprint density at radius 3 is 2.87 bits per heavy atom. The van der Waals surface area contributed by atoms with Gasteiger partial charge in [0.2, 0.25) is 0 Å². The Labute approximate surface area is 84.7 Å². The van der Waals surface area contributed by atoms with Gasteiger partial charge in [-0.15, -0.1) is 0 Å². The molecule has 2 aliphatic rings. The van der Waals surface area contributed by atoms with Crippen LogP contribution in [-0.4, -0.2) is 58.7 Å². The first-order valence-electron chi connectivity index (χ1n) is 4.45. The Kier molecular flexibility index (Phi) is 2.55. The molecule has 2 aliphatic heterocycles. The van der Waals surface area contributed by atoms with Crippen molar-refractivity contribution in [3.8, 4) is 0 Å². The Bertz CT molecular complexity index is 307. The molecular formula is C7H11N3O5. The lowest BCUT2D eigenvalue weighted by Crippen LogP contribution is -2.61. The summed E-state index contributed by atoms with van der Waals surface area (Å²) in [5.41, 5.74) is 6.98. The van der Waals surface area contributed by atoms with Gasteiger partial charge in [0.05, 0.1) is 19.3 Å². The van der Waals surface area contributed by atoms with E-state index in [4.69, 9.17) is 20.1 Å². The highest BCUT2D eigenvalue weighted by Gasteiger charge is 2.58. The third-order valence-electron chi connectivity index (χ3n) is 2.79. The van der Waals surface area contributed by atoms with Gasteiger partial charge in [-0.05, 0) is 5.53 Å². The predicted molar refractivity (Wildman–Crippen MR) is 45.6 cm³/mol. The van der Waals surface area contributed by atoms with Crippen LogP contribution in [0.4, 0.5) is 0 Å². The zero-order chi connectivity index (χ0) is 11.1. The molecule has 2 heterocycles. The van der Waals surface area contributed by atoms with Crippen molar-refractivity contribution in [1.82, 2.24) is 0 Å². The maximum Gasteiger partial charge on any atom is 0.169 e. The molecule has 2 fully saturated rings. The molecule has 8 nitrogen and oxygen atoms in total. The molecule has 8 heteroatoms. The molecule has 0 aromatic carbocycles. The minimum Gasteiger partial charge on any atom is -0.393 e. The Hall–Kier alpha value is -0.890. The van der Waals surface area contributed by atoms with Gasteiger partial charge in [-0.1, -0.05) is 5.11 Å². The molecule has 15 heavy (non-hydrogen) atoms. The zero-order valence-electron chi connectivity index (χ0n) is 7.72. The maximum atomic E-state index is 9.71.